The molecule has 31 heavy (non-hydrogen) atoms. The van der Waals surface area contributed by atoms with Gasteiger partial charge in [-0.25, -0.2) is 0 Å². The van der Waals surface area contributed by atoms with Gasteiger partial charge in [0.25, 0.3) is 0 Å². The zero-order valence-electron chi connectivity index (χ0n) is 17.5. The fourth-order valence-corrected chi connectivity index (χ4v) is 4.52. The van der Waals surface area contributed by atoms with E-state index < -0.39 is 0 Å². The van der Waals surface area contributed by atoms with Gasteiger partial charge in [0, 0.05) is 18.8 Å². The molecule has 0 N–H and O–H groups in total. The van der Waals surface area contributed by atoms with E-state index >= 15 is 0 Å². The third-order valence-electron chi connectivity index (χ3n) is 5.53. The van der Waals surface area contributed by atoms with E-state index in [2.05, 4.69) is 36.8 Å². The third kappa shape index (κ3) is 4.51. The van der Waals surface area contributed by atoms with Crippen molar-refractivity contribution in [2.24, 2.45) is 5.92 Å². The zero-order chi connectivity index (χ0) is 21.0. The molecule has 1 aliphatic rings. The average molecular weight is 436 g/mol. The lowest BCUT2D eigenvalue weighted by Gasteiger charge is -2.31. The second-order valence-corrected chi connectivity index (χ2v) is 8.81. The molecule has 0 unspecified atom stereocenters. The highest BCUT2D eigenvalue weighted by molar-refractivity contribution is 7.98. The summed E-state index contributed by atoms with van der Waals surface area (Å²) in [5.74, 6) is 3.24. The number of para-hydroxylation sites is 1. The number of aromatic nitrogens is 6. The summed E-state index contributed by atoms with van der Waals surface area (Å²) >= 11 is 1.62. The molecular weight excluding hydrogens is 410 g/mol. The van der Waals surface area contributed by atoms with Gasteiger partial charge in [-0.2, -0.15) is 15.0 Å². The highest BCUT2D eigenvalue weighted by atomic mass is 32.2. The van der Waals surface area contributed by atoms with Crippen LogP contribution >= 0.6 is 11.8 Å². The van der Waals surface area contributed by atoms with Crippen LogP contribution in [0.15, 0.2) is 64.5 Å². The van der Waals surface area contributed by atoms with Gasteiger partial charge in [0.15, 0.2) is 5.16 Å². The van der Waals surface area contributed by atoms with Gasteiger partial charge in [-0.15, -0.1) is 10.2 Å². The summed E-state index contributed by atoms with van der Waals surface area (Å²) in [7, 11) is 0. The number of anilines is 1. The van der Waals surface area contributed by atoms with Crippen molar-refractivity contribution in [2.45, 2.75) is 37.2 Å². The fourth-order valence-electron chi connectivity index (χ4n) is 3.71. The summed E-state index contributed by atoms with van der Waals surface area (Å²) in [6.07, 6.45) is 5.87. The van der Waals surface area contributed by atoms with Crippen LogP contribution in [-0.4, -0.2) is 42.8 Å². The van der Waals surface area contributed by atoms with Crippen LogP contribution in [0, 0.1) is 5.92 Å². The molecule has 0 atom stereocenters. The first-order chi connectivity index (χ1) is 15.3. The van der Waals surface area contributed by atoms with E-state index in [1.54, 1.807) is 29.0 Å². The lowest BCUT2D eigenvalue weighted by Crippen LogP contribution is -2.35. The number of piperidine rings is 1. The predicted molar refractivity (Wildman–Crippen MR) is 119 cm³/mol. The predicted octanol–water partition coefficient (Wildman–Crippen LogP) is 4.03. The summed E-state index contributed by atoms with van der Waals surface area (Å²) in [4.78, 5) is 4.00. The van der Waals surface area contributed by atoms with E-state index in [1.165, 1.54) is 12.8 Å². The summed E-state index contributed by atoms with van der Waals surface area (Å²) in [6.45, 7) is 4.94. The van der Waals surface area contributed by atoms with Gasteiger partial charge in [0.1, 0.15) is 5.76 Å². The first kappa shape index (κ1) is 19.9. The molecule has 1 aliphatic heterocycles. The normalized spacial score (nSPS) is 14.9. The van der Waals surface area contributed by atoms with Gasteiger partial charge in [-0.3, -0.25) is 4.57 Å². The molecule has 4 heterocycles. The Balaban J connectivity index is 1.34. The molecule has 4 aromatic rings. The van der Waals surface area contributed by atoms with E-state index in [0.717, 1.165) is 47.3 Å². The monoisotopic (exact) mass is 435 g/mol. The molecule has 0 spiro atoms. The van der Waals surface area contributed by atoms with Crippen LogP contribution in [0.5, 0.6) is 0 Å². The molecule has 0 radical (unpaired) electrons. The summed E-state index contributed by atoms with van der Waals surface area (Å²) in [5.41, 5.74) is 1.84. The Hall–Kier alpha value is -3.07. The van der Waals surface area contributed by atoms with E-state index in [9.17, 15) is 0 Å². The molecule has 8 nitrogen and oxygen atoms in total. The molecule has 1 aromatic carbocycles. The molecule has 5 rings (SSSR count). The largest absolute Gasteiger partial charge is 0.467 e. The van der Waals surface area contributed by atoms with Gasteiger partial charge in [-0.05, 0) is 43.0 Å². The van der Waals surface area contributed by atoms with Gasteiger partial charge in [0.05, 0.1) is 30.4 Å². The van der Waals surface area contributed by atoms with Crippen molar-refractivity contribution in [1.82, 2.24) is 29.8 Å². The second-order valence-electron chi connectivity index (χ2n) is 7.87. The Labute approximate surface area is 185 Å². The quantitative estimate of drug-likeness (QED) is 0.406. The number of benzene rings is 1. The topological polar surface area (TPSA) is 77.8 Å². The van der Waals surface area contributed by atoms with Crippen LogP contribution in [-0.2, 0) is 12.3 Å². The van der Waals surface area contributed by atoms with Crippen LogP contribution in [0.1, 0.15) is 31.2 Å². The molecule has 9 heteroatoms. The summed E-state index contributed by atoms with van der Waals surface area (Å²) in [6, 6.07) is 13.8. The van der Waals surface area contributed by atoms with Crippen molar-refractivity contribution < 1.29 is 4.42 Å². The van der Waals surface area contributed by atoms with Gasteiger partial charge < -0.3 is 9.32 Å². The summed E-state index contributed by atoms with van der Waals surface area (Å²) < 4.78 is 7.76. The minimum atomic E-state index is 0.612. The Morgan fingerprint density at radius 1 is 1.06 bits per heavy atom. The average Bonchev–Trinajstić information content (AvgIpc) is 3.56. The molecule has 0 saturated carbocycles. The SMILES string of the molecule is CC1CCN(c2nnc(SCc3cnn(-c4ccccc4)n3)n2Cc2ccco2)CC1. The van der Waals surface area contributed by atoms with Gasteiger partial charge in [-0.1, -0.05) is 36.9 Å². The molecule has 160 valence electrons. The number of hydrogen-bond donors (Lipinski definition) is 0. The molecule has 0 aliphatic carbocycles. The van der Waals surface area contributed by atoms with Crippen molar-refractivity contribution in [3.8, 4) is 5.69 Å². The van der Waals surface area contributed by atoms with E-state index in [0.29, 0.717) is 12.3 Å². The minimum absolute atomic E-state index is 0.612. The lowest BCUT2D eigenvalue weighted by atomic mass is 10.00. The van der Waals surface area contributed by atoms with E-state index in [4.69, 9.17) is 4.42 Å². The standard InChI is InChI=1S/C22H25N7OS/c1-17-9-11-27(12-10-17)21-24-25-22(28(21)15-20-8-5-13-30-20)31-16-18-14-23-29(26-18)19-6-3-2-4-7-19/h2-8,13-14,17H,9-12,15-16H2,1H3. The van der Waals surface area contributed by atoms with E-state index in [1.807, 2.05) is 42.5 Å². The highest BCUT2D eigenvalue weighted by Gasteiger charge is 2.23. The van der Waals surface area contributed by atoms with Crippen LogP contribution < -0.4 is 4.90 Å². The van der Waals surface area contributed by atoms with Crippen LogP contribution in [0.3, 0.4) is 0 Å². The number of furan rings is 1. The maximum absolute atomic E-state index is 5.61. The van der Waals surface area contributed by atoms with Gasteiger partial charge in [0.2, 0.25) is 5.95 Å². The number of rotatable bonds is 7. The van der Waals surface area contributed by atoms with Crippen LogP contribution in [0.2, 0.25) is 0 Å². The second kappa shape index (κ2) is 8.97. The molecular formula is C22H25N7OS. The van der Waals surface area contributed by atoms with E-state index in [-0.39, 0.29) is 0 Å². The van der Waals surface area contributed by atoms with Crippen molar-refractivity contribution in [2.75, 3.05) is 18.0 Å². The van der Waals surface area contributed by atoms with Crippen molar-refractivity contribution in [3.63, 3.8) is 0 Å². The minimum Gasteiger partial charge on any atom is -0.467 e. The van der Waals surface area contributed by atoms with Crippen molar-refractivity contribution in [3.05, 3.63) is 66.4 Å². The highest BCUT2D eigenvalue weighted by Crippen LogP contribution is 2.28. The first-order valence-corrected chi connectivity index (χ1v) is 11.5. The summed E-state index contributed by atoms with van der Waals surface area (Å²) in [5, 5.41) is 18.9. The van der Waals surface area contributed by atoms with Crippen LogP contribution in [0.4, 0.5) is 5.95 Å². The molecule has 0 bridgehead atoms. The Morgan fingerprint density at radius 2 is 1.90 bits per heavy atom. The Morgan fingerprint density at radius 3 is 2.68 bits per heavy atom. The number of nitrogens with zero attached hydrogens (tertiary/aromatic N) is 7. The Kier molecular flexibility index (Phi) is 5.75. The molecule has 0 amide bonds. The molecule has 1 saturated heterocycles. The Bertz CT molecular complexity index is 1100. The third-order valence-corrected chi connectivity index (χ3v) is 6.53. The maximum atomic E-state index is 5.61. The lowest BCUT2D eigenvalue weighted by molar-refractivity contribution is 0.427. The zero-order valence-corrected chi connectivity index (χ0v) is 18.3. The first-order valence-electron chi connectivity index (χ1n) is 10.6. The van der Waals surface area contributed by atoms with Crippen LogP contribution in [0.25, 0.3) is 5.69 Å². The molecule has 1 fully saturated rings. The smallest absolute Gasteiger partial charge is 0.228 e. The number of thioether (sulfide) groups is 1. The van der Waals surface area contributed by atoms with Gasteiger partial charge >= 0.3 is 0 Å². The number of hydrogen-bond acceptors (Lipinski definition) is 7. The maximum Gasteiger partial charge on any atom is 0.228 e. The molecule has 3 aromatic heterocycles. The fraction of sp³-hybridized carbons (Fsp3) is 0.364. The van der Waals surface area contributed by atoms with Crippen molar-refractivity contribution in [1.29, 1.82) is 0 Å². The van der Waals surface area contributed by atoms with Crippen molar-refractivity contribution >= 4 is 17.7 Å².